The molecule has 0 atom stereocenters. The molecule has 0 aromatic heterocycles. The van der Waals surface area contributed by atoms with Gasteiger partial charge in [-0.05, 0) is 72.0 Å². The first-order chi connectivity index (χ1) is 6.68. The molecule has 1 nitrogen and oxygen atoms in total. The number of nitriles is 1. The third-order valence-corrected chi connectivity index (χ3v) is 3.80. The molecule has 0 radical (unpaired) electrons. The highest BCUT2D eigenvalue weighted by atomic mass is 127. The molecule has 1 aliphatic carbocycles. The van der Waals surface area contributed by atoms with Crippen molar-refractivity contribution in [2.24, 2.45) is 0 Å². The lowest BCUT2D eigenvalue weighted by Crippen LogP contribution is -2.33. The lowest BCUT2D eigenvalue weighted by molar-refractivity contribution is 0.322. The van der Waals surface area contributed by atoms with Crippen LogP contribution >= 0.6 is 22.6 Å². The Morgan fingerprint density at radius 2 is 2.14 bits per heavy atom. The molecule has 0 amide bonds. The number of hydrogen-bond acceptors (Lipinski definition) is 1. The van der Waals surface area contributed by atoms with Crippen LogP contribution in [0.1, 0.15) is 30.4 Å². The Morgan fingerprint density at radius 3 is 2.57 bits per heavy atom. The van der Waals surface area contributed by atoms with E-state index in [1.54, 1.807) is 0 Å². The van der Waals surface area contributed by atoms with E-state index in [1.807, 2.05) is 0 Å². The predicted molar refractivity (Wildman–Crippen MR) is 65.0 cm³/mol. The lowest BCUT2D eigenvalue weighted by atomic mass is 9.64. The van der Waals surface area contributed by atoms with Crippen LogP contribution in [0.2, 0.25) is 0 Å². The number of benzene rings is 1. The number of aryl methyl sites for hydroxylation is 1. The molecule has 1 fully saturated rings. The molecule has 0 N–H and O–H groups in total. The SMILES string of the molecule is Cc1cc(I)ccc1C1(C#N)CCC1. The summed E-state index contributed by atoms with van der Waals surface area (Å²) in [6, 6.07) is 8.87. The molecule has 1 saturated carbocycles. The third kappa shape index (κ3) is 1.44. The molecular formula is C12H12IN. The highest BCUT2D eigenvalue weighted by molar-refractivity contribution is 14.1. The number of rotatable bonds is 1. The zero-order chi connectivity index (χ0) is 10.2. The monoisotopic (exact) mass is 297 g/mol. The van der Waals surface area contributed by atoms with Gasteiger partial charge in [0, 0.05) is 3.57 Å². The van der Waals surface area contributed by atoms with Crippen LogP contribution in [0.5, 0.6) is 0 Å². The second-order valence-electron chi connectivity index (χ2n) is 4.01. The molecule has 14 heavy (non-hydrogen) atoms. The van der Waals surface area contributed by atoms with Gasteiger partial charge in [0.15, 0.2) is 0 Å². The van der Waals surface area contributed by atoms with Crippen LogP contribution in [0.25, 0.3) is 0 Å². The van der Waals surface area contributed by atoms with Gasteiger partial charge in [0.25, 0.3) is 0 Å². The molecule has 72 valence electrons. The molecular weight excluding hydrogens is 285 g/mol. The zero-order valence-electron chi connectivity index (χ0n) is 8.18. The Balaban J connectivity index is 2.46. The first-order valence-electron chi connectivity index (χ1n) is 4.86. The van der Waals surface area contributed by atoms with Gasteiger partial charge in [-0.1, -0.05) is 6.07 Å². The van der Waals surface area contributed by atoms with Crippen molar-refractivity contribution in [2.45, 2.75) is 31.6 Å². The standard InChI is InChI=1S/C12H12IN/c1-9-7-10(13)3-4-11(9)12(8-14)5-2-6-12/h3-4,7H,2,5-6H2,1H3. The van der Waals surface area contributed by atoms with E-state index in [-0.39, 0.29) is 5.41 Å². The number of halogens is 1. The highest BCUT2D eigenvalue weighted by Crippen LogP contribution is 2.44. The summed E-state index contributed by atoms with van der Waals surface area (Å²) >= 11 is 2.31. The molecule has 0 spiro atoms. The van der Waals surface area contributed by atoms with Gasteiger partial charge in [0.05, 0.1) is 11.5 Å². The van der Waals surface area contributed by atoms with Crippen molar-refractivity contribution >= 4 is 22.6 Å². The average molecular weight is 297 g/mol. The van der Waals surface area contributed by atoms with Crippen molar-refractivity contribution in [3.63, 3.8) is 0 Å². The van der Waals surface area contributed by atoms with Crippen LogP contribution in [-0.4, -0.2) is 0 Å². The normalized spacial score (nSPS) is 18.4. The van der Waals surface area contributed by atoms with Crippen molar-refractivity contribution in [1.29, 1.82) is 5.26 Å². The minimum atomic E-state index is -0.158. The van der Waals surface area contributed by atoms with E-state index in [4.69, 9.17) is 0 Å². The molecule has 1 aromatic carbocycles. The summed E-state index contributed by atoms with van der Waals surface area (Å²) in [6.45, 7) is 2.11. The Kier molecular flexibility index (Phi) is 2.52. The third-order valence-electron chi connectivity index (χ3n) is 3.13. The van der Waals surface area contributed by atoms with Crippen LogP contribution in [0.4, 0.5) is 0 Å². The van der Waals surface area contributed by atoms with Gasteiger partial charge in [-0.15, -0.1) is 0 Å². The van der Waals surface area contributed by atoms with Gasteiger partial charge in [-0.2, -0.15) is 5.26 Å². The van der Waals surface area contributed by atoms with Gasteiger partial charge in [0.2, 0.25) is 0 Å². The Morgan fingerprint density at radius 1 is 1.43 bits per heavy atom. The summed E-state index contributed by atoms with van der Waals surface area (Å²) in [4.78, 5) is 0. The Hall–Kier alpha value is -0.560. The Bertz CT molecular complexity index is 399. The van der Waals surface area contributed by atoms with Crippen molar-refractivity contribution in [3.8, 4) is 6.07 Å². The van der Waals surface area contributed by atoms with Gasteiger partial charge in [-0.25, -0.2) is 0 Å². The summed E-state index contributed by atoms with van der Waals surface area (Å²) in [5, 5.41) is 9.23. The van der Waals surface area contributed by atoms with E-state index in [9.17, 15) is 5.26 Å². The summed E-state index contributed by atoms with van der Waals surface area (Å²) in [5.74, 6) is 0. The predicted octanol–water partition coefficient (Wildman–Crippen LogP) is 3.54. The largest absolute Gasteiger partial charge is 0.197 e. The molecule has 0 aliphatic heterocycles. The molecule has 2 heteroatoms. The van der Waals surface area contributed by atoms with Crippen molar-refractivity contribution < 1.29 is 0 Å². The quantitative estimate of drug-likeness (QED) is 0.727. The van der Waals surface area contributed by atoms with Crippen LogP contribution in [0.3, 0.4) is 0 Å². The number of hydrogen-bond donors (Lipinski definition) is 0. The summed E-state index contributed by atoms with van der Waals surface area (Å²) in [7, 11) is 0. The number of nitrogens with zero attached hydrogens (tertiary/aromatic N) is 1. The summed E-state index contributed by atoms with van der Waals surface area (Å²) in [5.41, 5.74) is 2.35. The molecule has 2 rings (SSSR count). The topological polar surface area (TPSA) is 23.8 Å². The first-order valence-corrected chi connectivity index (χ1v) is 5.94. The fourth-order valence-corrected chi connectivity index (χ4v) is 2.78. The van der Waals surface area contributed by atoms with Crippen LogP contribution in [-0.2, 0) is 5.41 Å². The van der Waals surface area contributed by atoms with E-state index < -0.39 is 0 Å². The van der Waals surface area contributed by atoms with Gasteiger partial charge < -0.3 is 0 Å². The summed E-state index contributed by atoms with van der Waals surface area (Å²) < 4.78 is 1.25. The van der Waals surface area contributed by atoms with E-state index in [0.29, 0.717) is 0 Å². The van der Waals surface area contributed by atoms with Crippen LogP contribution in [0, 0.1) is 21.8 Å². The van der Waals surface area contributed by atoms with Gasteiger partial charge in [-0.3, -0.25) is 0 Å². The van der Waals surface area contributed by atoms with E-state index >= 15 is 0 Å². The highest BCUT2D eigenvalue weighted by Gasteiger charge is 2.39. The average Bonchev–Trinajstić information content (AvgIpc) is 2.07. The molecule has 0 saturated heterocycles. The van der Waals surface area contributed by atoms with E-state index in [1.165, 1.54) is 21.1 Å². The maximum Gasteiger partial charge on any atom is 0.0825 e. The molecule has 1 aromatic rings. The molecule has 0 unspecified atom stereocenters. The van der Waals surface area contributed by atoms with Crippen molar-refractivity contribution in [2.75, 3.05) is 0 Å². The molecule has 0 heterocycles. The van der Waals surface area contributed by atoms with Gasteiger partial charge in [0.1, 0.15) is 0 Å². The molecule has 1 aliphatic rings. The lowest BCUT2D eigenvalue weighted by Gasteiger charge is -2.36. The second kappa shape index (κ2) is 3.54. The fraction of sp³-hybridized carbons (Fsp3) is 0.417. The fourth-order valence-electron chi connectivity index (χ4n) is 2.14. The smallest absolute Gasteiger partial charge is 0.0825 e. The first kappa shape index (κ1) is 9.97. The van der Waals surface area contributed by atoms with E-state index in [0.717, 1.165) is 12.8 Å². The van der Waals surface area contributed by atoms with Crippen LogP contribution < -0.4 is 0 Å². The second-order valence-corrected chi connectivity index (χ2v) is 5.25. The van der Waals surface area contributed by atoms with Gasteiger partial charge >= 0.3 is 0 Å². The van der Waals surface area contributed by atoms with Crippen molar-refractivity contribution in [1.82, 2.24) is 0 Å². The minimum absolute atomic E-state index is 0.158. The van der Waals surface area contributed by atoms with Crippen molar-refractivity contribution in [3.05, 3.63) is 32.9 Å². The molecule has 0 bridgehead atoms. The van der Waals surface area contributed by atoms with E-state index in [2.05, 4.69) is 53.8 Å². The minimum Gasteiger partial charge on any atom is -0.197 e. The summed E-state index contributed by atoms with van der Waals surface area (Å²) in [6.07, 6.45) is 3.26. The Labute approximate surface area is 98.3 Å². The maximum atomic E-state index is 9.23. The zero-order valence-corrected chi connectivity index (χ0v) is 10.3. The van der Waals surface area contributed by atoms with Crippen LogP contribution in [0.15, 0.2) is 18.2 Å². The maximum absolute atomic E-state index is 9.23.